The molecule has 2 heterocycles. The molecule has 1 aliphatic rings. The van der Waals surface area contributed by atoms with E-state index in [4.69, 9.17) is 0 Å². The van der Waals surface area contributed by atoms with Gasteiger partial charge in [-0.1, -0.05) is 20.8 Å². The Bertz CT molecular complexity index is 554. The summed E-state index contributed by atoms with van der Waals surface area (Å²) in [5.74, 6) is 0.465. The molecule has 1 fully saturated rings. The van der Waals surface area contributed by atoms with E-state index in [-0.39, 0.29) is 10.3 Å². The number of nitrogens with one attached hydrogen (secondary N) is 1. The Kier molecular flexibility index (Phi) is 4.29. The van der Waals surface area contributed by atoms with Crippen molar-refractivity contribution in [1.82, 2.24) is 14.3 Å². The van der Waals surface area contributed by atoms with Gasteiger partial charge in [0, 0.05) is 19.6 Å². The molecule has 112 valence electrons. The predicted octanol–water partition coefficient (Wildman–Crippen LogP) is 1.72. The maximum atomic E-state index is 12.5. The Morgan fingerprint density at radius 2 is 2.00 bits per heavy atom. The fourth-order valence-electron chi connectivity index (χ4n) is 2.19. The highest BCUT2D eigenvalue weighted by Crippen LogP contribution is 2.32. The largest absolute Gasteiger partial charge is 0.354 e. The lowest BCUT2D eigenvalue weighted by Gasteiger charge is -2.19. The van der Waals surface area contributed by atoms with Crippen LogP contribution in [0.3, 0.4) is 0 Å². The van der Waals surface area contributed by atoms with Crippen LogP contribution < -0.4 is 5.32 Å². The number of aromatic nitrogens is 2. The topological polar surface area (TPSA) is 75.2 Å². The summed E-state index contributed by atoms with van der Waals surface area (Å²) in [7, 11) is -3.47. The maximum Gasteiger partial charge on any atom is 0.246 e. The lowest BCUT2D eigenvalue weighted by molar-refractivity contribution is 0.375. The minimum absolute atomic E-state index is 0.0382. The molecule has 1 saturated heterocycles. The van der Waals surface area contributed by atoms with Crippen LogP contribution in [-0.4, -0.2) is 42.3 Å². The van der Waals surface area contributed by atoms with Crippen molar-refractivity contribution >= 4 is 16.0 Å². The molecule has 2 rings (SSSR count). The second-order valence-electron chi connectivity index (χ2n) is 5.92. The summed E-state index contributed by atoms with van der Waals surface area (Å²) in [6, 6.07) is 0. The van der Waals surface area contributed by atoms with Gasteiger partial charge in [-0.25, -0.2) is 18.4 Å². The number of sulfonamides is 1. The average molecular weight is 298 g/mol. The number of rotatable bonds is 5. The molecular weight excluding hydrogens is 276 g/mol. The van der Waals surface area contributed by atoms with Crippen LogP contribution in [0.25, 0.3) is 0 Å². The molecule has 0 bridgehead atoms. The van der Waals surface area contributed by atoms with Crippen LogP contribution >= 0.6 is 0 Å². The molecule has 0 radical (unpaired) electrons. The third-order valence-electron chi connectivity index (χ3n) is 3.44. The van der Waals surface area contributed by atoms with Crippen molar-refractivity contribution in [3.05, 3.63) is 12.4 Å². The minimum atomic E-state index is -3.47. The lowest BCUT2D eigenvalue weighted by Crippen LogP contribution is -2.30. The number of hydrogen-bond donors (Lipinski definition) is 1. The van der Waals surface area contributed by atoms with Gasteiger partial charge in [-0.05, 0) is 18.3 Å². The highest BCUT2D eigenvalue weighted by Gasteiger charge is 2.37. The number of nitrogens with zero attached hydrogens (tertiary/aromatic N) is 3. The summed E-state index contributed by atoms with van der Waals surface area (Å²) in [5, 5.41) is 3.02. The minimum Gasteiger partial charge on any atom is -0.354 e. The maximum absolute atomic E-state index is 12.5. The Morgan fingerprint density at radius 1 is 1.35 bits per heavy atom. The molecule has 1 aliphatic heterocycles. The van der Waals surface area contributed by atoms with Crippen LogP contribution in [0.1, 0.15) is 33.6 Å². The van der Waals surface area contributed by atoms with E-state index in [0.717, 1.165) is 19.4 Å². The summed E-state index contributed by atoms with van der Waals surface area (Å²) in [5.41, 5.74) is 0.0382. The molecule has 0 spiro atoms. The summed E-state index contributed by atoms with van der Waals surface area (Å²) < 4.78 is 26.5. The highest BCUT2D eigenvalue weighted by molar-refractivity contribution is 7.89. The Hall–Kier alpha value is -1.21. The van der Waals surface area contributed by atoms with E-state index in [9.17, 15) is 8.42 Å². The molecule has 0 atom stereocenters. The fraction of sp³-hybridized carbons (Fsp3) is 0.692. The summed E-state index contributed by atoms with van der Waals surface area (Å²) in [6.07, 6.45) is 4.60. The van der Waals surface area contributed by atoms with E-state index in [1.54, 1.807) is 0 Å². The summed E-state index contributed by atoms with van der Waals surface area (Å²) in [4.78, 5) is 8.29. The fourth-order valence-corrected chi connectivity index (χ4v) is 3.72. The van der Waals surface area contributed by atoms with Crippen LogP contribution in [0.4, 0.5) is 5.95 Å². The third kappa shape index (κ3) is 3.27. The molecule has 1 aromatic rings. The molecule has 0 saturated carbocycles. The third-order valence-corrected chi connectivity index (χ3v) is 5.24. The van der Waals surface area contributed by atoms with Crippen LogP contribution in [-0.2, 0) is 10.0 Å². The SMILES string of the molecule is CCCNc1ncc(S(=O)(=O)N2CCC(C)(C)C2)cn1. The first kappa shape index (κ1) is 15.2. The van der Waals surface area contributed by atoms with Gasteiger partial charge < -0.3 is 5.32 Å². The second kappa shape index (κ2) is 5.65. The average Bonchev–Trinajstić information content (AvgIpc) is 2.78. The first-order valence-electron chi connectivity index (χ1n) is 6.91. The summed E-state index contributed by atoms with van der Waals surface area (Å²) in [6.45, 7) is 8.08. The van der Waals surface area contributed by atoms with Crippen LogP contribution in [0.15, 0.2) is 17.3 Å². The lowest BCUT2D eigenvalue weighted by atomic mass is 9.93. The van der Waals surface area contributed by atoms with Crippen LogP contribution in [0.2, 0.25) is 0 Å². The van der Waals surface area contributed by atoms with Gasteiger partial charge in [0.2, 0.25) is 16.0 Å². The zero-order chi connectivity index (χ0) is 14.8. The van der Waals surface area contributed by atoms with Crippen molar-refractivity contribution in [3.63, 3.8) is 0 Å². The van der Waals surface area contributed by atoms with Crippen molar-refractivity contribution in [3.8, 4) is 0 Å². The Morgan fingerprint density at radius 3 is 2.50 bits per heavy atom. The molecule has 0 aromatic carbocycles. The zero-order valence-electron chi connectivity index (χ0n) is 12.3. The van der Waals surface area contributed by atoms with E-state index in [0.29, 0.717) is 19.0 Å². The molecule has 0 aliphatic carbocycles. The van der Waals surface area contributed by atoms with E-state index in [1.165, 1.54) is 16.7 Å². The van der Waals surface area contributed by atoms with Crippen molar-refractivity contribution in [1.29, 1.82) is 0 Å². The van der Waals surface area contributed by atoms with Gasteiger partial charge >= 0.3 is 0 Å². The van der Waals surface area contributed by atoms with Crippen molar-refractivity contribution < 1.29 is 8.42 Å². The first-order chi connectivity index (χ1) is 9.35. The molecule has 0 amide bonds. The summed E-state index contributed by atoms with van der Waals surface area (Å²) >= 11 is 0. The van der Waals surface area contributed by atoms with Crippen molar-refractivity contribution in [2.75, 3.05) is 25.0 Å². The molecule has 6 nitrogen and oxygen atoms in total. The predicted molar refractivity (Wildman–Crippen MR) is 78.0 cm³/mol. The standard InChI is InChI=1S/C13H22N4O2S/c1-4-6-14-12-15-8-11(9-16-12)20(18,19)17-7-5-13(2,3)10-17/h8-9H,4-7,10H2,1-3H3,(H,14,15,16). The zero-order valence-corrected chi connectivity index (χ0v) is 13.1. The smallest absolute Gasteiger partial charge is 0.246 e. The second-order valence-corrected chi connectivity index (χ2v) is 7.86. The van der Waals surface area contributed by atoms with Gasteiger partial charge in [0.1, 0.15) is 4.90 Å². The van der Waals surface area contributed by atoms with E-state index >= 15 is 0 Å². The van der Waals surface area contributed by atoms with Gasteiger partial charge in [-0.2, -0.15) is 4.31 Å². The van der Waals surface area contributed by atoms with Crippen LogP contribution in [0, 0.1) is 5.41 Å². The van der Waals surface area contributed by atoms with Crippen molar-refractivity contribution in [2.45, 2.75) is 38.5 Å². The van der Waals surface area contributed by atoms with Gasteiger partial charge in [0.25, 0.3) is 0 Å². The van der Waals surface area contributed by atoms with Gasteiger partial charge in [-0.3, -0.25) is 0 Å². The van der Waals surface area contributed by atoms with Gasteiger partial charge in [0.05, 0.1) is 12.4 Å². The molecular formula is C13H22N4O2S. The molecule has 7 heteroatoms. The van der Waals surface area contributed by atoms with Gasteiger partial charge in [-0.15, -0.1) is 0 Å². The molecule has 1 N–H and O–H groups in total. The molecule has 1 aromatic heterocycles. The molecule has 20 heavy (non-hydrogen) atoms. The van der Waals surface area contributed by atoms with E-state index < -0.39 is 10.0 Å². The van der Waals surface area contributed by atoms with Crippen LogP contribution in [0.5, 0.6) is 0 Å². The van der Waals surface area contributed by atoms with E-state index in [2.05, 4.69) is 29.1 Å². The number of anilines is 1. The molecule has 0 unspecified atom stereocenters. The Labute approximate surface area is 120 Å². The monoisotopic (exact) mass is 298 g/mol. The number of hydrogen-bond acceptors (Lipinski definition) is 5. The first-order valence-corrected chi connectivity index (χ1v) is 8.35. The quantitative estimate of drug-likeness (QED) is 0.896. The highest BCUT2D eigenvalue weighted by atomic mass is 32.2. The van der Waals surface area contributed by atoms with E-state index in [1.807, 2.05) is 6.92 Å². The normalized spacial score (nSPS) is 19.1. The van der Waals surface area contributed by atoms with Gasteiger partial charge in [0.15, 0.2) is 0 Å². The van der Waals surface area contributed by atoms with Crippen molar-refractivity contribution in [2.24, 2.45) is 5.41 Å². The Balaban J connectivity index is 2.14.